The van der Waals surface area contributed by atoms with Crippen LogP contribution < -0.4 is 0 Å². The molecule has 0 unspecified atom stereocenters. The second kappa shape index (κ2) is 4.44. The molecule has 0 aromatic rings. The molecule has 0 aromatic carbocycles. The molecule has 19 heavy (non-hydrogen) atoms. The molecule has 108 valence electrons. The third-order valence-electron chi connectivity index (χ3n) is 6.52. The van der Waals surface area contributed by atoms with Gasteiger partial charge in [-0.2, -0.15) is 0 Å². The smallest absolute Gasteiger partial charge is 0.0807 e. The number of rotatable bonds is 2. The molecule has 5 atom stereocenters. The number of aliphatic hydroxyl groups is 1. The average molecular weight is 264 g/mol. The summed E-state index contributed by atoms with van der Waals surface area (Å²) < 4.78 is 0. The molecule has 3 aliphatic carbocycles. The maximum Gasteiger partial charge on any atom is 0.0807 e. The van der Waals surface area contributed by atoms with Crippen molar-refractivity contribution in [1.29, 1.82) is 0 Å². The standard InChI is InChI=1S/C16H28N2O/c1-17-2-4-18(5-3-17)11-16(19)10-13-6-12-7-14(8-13)15(16)9-12/h12-15,19H,2-11H2,1H3/t12-,13+,14-,15-,16+/m1/s1. The lowest BCUT2D eigenvalue weighted by molar-refractivity contribution is -0.102. The summed E-state index contributed by atoms with van der Waals surface area (Å²) in [5.41, 5.74) is -0.352. The Morgan fingerprint density at radius 2 is 1.74 bits per heavy atom. The van der Waals surface area contributed by atoms with Crippen molar-refractivity contribution in [3.05, 3.63) is 0 Å². The van der Waals surface area contributed by atoms with Gasteiger partial charge in [0.05, 0.1) is 5.60 Å². The highest BCUT2D eigenvalue weighted by Gasteiger charge is 2.55. The van der Waals surface area contributed by atoms with E-state index in [1.807, 2.05) is 0 Å². The quantitative estimate of drug-likeness (QED) is 0.817. The fourth-order valence-corrected chi connectivity index (χ4v) is 5.74. The fourth-order valence-electron chi connectivity index (χ4n) is 5.74. The van der Waals surface area contributed by atoms with E-state index in [4.69, 9.17) is 0 Å². The van der Waals surface area contributed by atoms with Crippen molar-refractivity contribution < 1.29 is 5.11 Å². The van der Waals surface area contributed by atoms with Crippen molar-refractivity contribution in [2.45, 2.75) is 37.7 Å². The van der Waals surface area contributed by atoms with E-state index in [0.717, 1.165) is 56.9 Å². The first-order chi connectivity index (χ1) is 9.12. The first-order valence-electron chi connectivity index (χ1n) is 8.26. The van der Waals surface area contributed by atoms with E-state index >= 15 is 0 Å². The zero-order valence-corrected chi connectivity index (χ0v) is 12.2. The van der Waals surface area contributed by atoms with E-state index in [0.29, 0.717) is 5.92 Å². The molecule has 0 radical (unpaired) electrons. The Hall–Kier alpha value is -0.120. The minimum Gasteiger partial charge on any atom is -0.388 e. The highest BCUT2D eigenvalue weighted by molar-refractivity contribution is 5.07. The lowest BCUT2D eigenvalue weighted by Gasteiger charge is -2.48. The Labute approximate surface area is 117 Å². The van der Waals surface area contributed by atoms with E-state index in [1.54, 1.807) is 0 Å². The van der Waals surface area contributed by atoms with Gasteiger partial charge in [-0.15, -0.1) is 0 Å². The van der Waals surface area contributed by atoms with Crippen LogP contribution in [0.4, 0.5) is 0 Å². The molecule has 3 bridgehead atoms. The van der Waals surface area contributed by atoms with Crippen molar-refractivity contribution in [2.24, 2.45) is 23.7 Å². The predicted molar refractivity (Wildman–Crippen MR) is 75.9 cm³/mol. The number of fused-ring (bicyclic) bond motifs is 2. The van der Waals surface area contributed by atoms with Crippen molar-refractivity contribution in [3.63, 3.8) is 0 Å². The molecular weight excluding hydrogens is 236 g/mol. The third kappa shape index (κ3) is 2.14. The van der Waals surface area contributed by atoms with Gasteiger partial charge >= 0.3 is 0 Å². The minimum absolute atomic E-state index is 0.352. The van der Waals surface area contributed by atoms with Crippen LogP contribution in [0.5, 0.6) is 0 Å². The van der Waals surface area contributed by atoms with E-state index in [2.05, 4.69) is 16.8 Å². The summed E-state index contributed by atoms with van der Waals surface area (Å²) in [4.78, 5) is 4.93. The second-order valence-corrected chi connectivity index (χ2v) is 7.93. The van der Waals surface area contributed by atoms with Crippen LogP contribution in [0.1, 0.15) is 32.1 Å². The van der Waals surface area contributed by atoms with Crippen LogP contribution >= 0.6 is 0 Å². The summed E-state index contributed by atoms with van der Waals surface area (Å²) in [6.45, 7) is 5.56. The summed E-state index contributed by atoms with van der Waals surface area (Å²) in [6, 6.07) is 0. The molecule has 1 aliphatic heterocycles. The van der Waals surface area contributed by atoms with Crippen LogP contribution in [0.2, 0.25) is 0 Å². The monoisotopic (exact) mass is 264 g/mol. The zero-order valence-electron chi connectivity index (χ0n) is 12.2. The van der Waals surface area contributed by atoms with Gasteiger partial charge in [-0.25, -0.2) is 0 Å². The molecule has 0 amide bonds. The van der Waals surface area contributed by atoms with Crippen molar-refractivity contribution in [2.75, 3.05) is 39.8 Å². The maximum absolute atomic E-state index is 11.3. The molecule has 0 aromatic heterocycles. The number of hydrogen-bond donors (Lipinski definition) is 1. The maximum atomic E-state index is 11.3. The highest BCUT2D eigenvalue weighted by Crippen LogP contribution is 2.58. The second-order valence-electron chi connectivity index (χ2n) is 7.93. The normalized spacial score (nSPS) is 50.8. The topological polar surface area (TPSA) is 26.7 Å². The SMILES string of the molecule is CN1CCN(C[C@@]2(O)C[C@H]3C[C@@H]4C[C@H](C3)[C@H]2C4)CC1. The van der Waals surface area contributed by atoms with E-state index < -0.39 is 0 Å². The van der Waals surface area contributed by atoms with Crippen molar-refractivity contribution in [1.82, 2.24) is 9.80 Å². The first kappa shape index (κ1) is 12.6. The van der Waals surface area contributed by atoms with Crippen molar-refractivity contribution in [3.8, 4) is 0 Å². The molecule has 1 saturated heterocycles. The van der Waals surface area contributed by atoms with Gasteiger partial charge in [-0.3, -0.25) is 4.90 Å². The molecule has 1 heterocycles. The predicted octanol–water partition coefficient (Wildman–Crippen LogP) is 1.42. The van der Waals surface area contributed by atoms with Crippen LogP contribution in [0.25, 0.3) is 0 Å². The van der Waals surface area contributed by atoms with Crippen LogP contribution in [0.3, 0.4) is 0 Å². The van der Waals surface area contributed by atoms with Crippen LogP contribution in [0, 0.1) is 23.7 Å². The molecule has 4 fully saturated rings. The van der Waals surface area contributed by atoms with Crippen molar-refractivity contribution >= 4 is 0 Å². The Kier molecular flexibility index (Phi) is 2.95. The first-order valence-corrected chi connectivity index (χ1v) is 8.26. The average Bonchev–Trinajstić information content (AvgIpc) is 2.62. The van der Waals surface area contributed by atoms with Gasteiger partial charge in [0.25, 0.3) is 0 Å². The van der Waals surface area contributed by atoms with Gasteiger partial charge in [-0.05, 0) is 62.8 Å². The number of hydrogen-bond acceptors (Lipinski definition) is 3. The van der Waals surface area contributed by atoms with Crippen LogP contribution in [-0.4, -0.2) is 60.3 Å². The molecule has 1 N–H and O–H groups in total. The summed E-state index contributed by atoms with van der Waals surface area (Å²) >= 11 is 0. The molecule has 4 aliphatic rings. The van der Waals surface area contributed by atoms with Gasteiger partial charge in [0.15, 0.2) is 0 Å². The van der Waals surface area contributed by atoms with Gasteiger partial charge in [0, 0.05) is 32.7 Å². The molecule has 3 saturated carbocycles. The zero-order chi connectivity index (χ0) is 13.0. The van der Waals surface area contributed by atoms with Gasteiger partial charge in [0.2, 0.25) is 0 Å². The largest absolute Gasteiger partial charge is 0.388 e. The lowest BCUT2D eigenvalue weighted by atomic mass is 9.65. The number of likely N-dealkylation sites (N-methyl/N-ethyl adjacent to an activating group) is 1. The summed E-state index contributed by atoms with van der Waals surface area (Å²) in [5, 5.41) is 11.3. The van der Waals surface area contributed by atoms with Gasteiger partial charge < -0.3 is 10.0 Å². The summed E-state index contributed by atoms with van der Waals surface area (Å²) in [5.74, 6) is 3.26. The Morgan fingerprint density at radius 3 is 2.53 bits per heavy atom. The van der Waals surface area contributed by atoms with Gasteiger partial charge in [0.1, 0.15) is 0 Å². The Balaban J connectivity index is 1.47. The van der Waals surface area contributed by atoms with Crippen LogP contribution in [0.15, 0.2) is 0 Å². The number of β-amino-alcohol motifs (C(OH)–C–C–N with tert-alkyl or cyclic N) is 1. The fraction of sp³-hybridized carbons (Fsp3) is 1.00. The molecule has 4 rings (SSSR count). The molecule has 3 heteroatoms. The number of nitrogens with zero attached hydrogens (tertiary/aromatic N) is 2. The summed E-state index contributed by atoms with van der Waals surface area (Å²) in [7, 11) is 2.20. The van der Waals surface area contributed by atoms with E-state index in [9.17, 15) is 5.11 Å². The number of piperazine rings is 1. The van der Waals surface area contributed by atoms with E-state index in [-0.39, 0.29) is 5.60 Å². The molecular formula is C16H28N2O. The Bertz CT molecular complexity index is 351. The minimum atomic E-state index is -0.352. The molecule has 0 spiro atoms. The highest BCUT2D eigenvalue weighted by atomic mass is 16.3. The van der Waals surface area contributed by atoms with Crippen LogP contribution in [-0.2, 0) is 0 Å². The summed E-state index contributed by atoms with van der Waals surface area (Å²) in [6.07, 6.45) is 6.68. The lowest BCUT2D eigenvalue weighted by Crippen LogP contribution is -2.56. The third-order valence-corrected chi connectivity index (χ3v) is 6.52. The Morgan fingerprint density at radius 1 is 1.00 bits per heavy atom. The van der Waals surface area contributed by atoms with E-state index in [1.165, 1.54) is 25.7 Å². The van der Waals surface area contributed by atoms with Gasteiger partial charge in [-0.1, -0.05) is 0 Å². The molecule has 3 nitrogen and oxygen atoms in total.